The highest BCUT2D eigenvalue weighted by atomic mass is 16.3. The number of hydrogen-bond acceptors (Lipinski definition) is 4. The average Bonchev–Trinajstić information content (AvgIpc) is 2.46. The van der Waals surface area contributed by atoms with Crippen LogP contribution in [0.4, 0.5) is 5.69 Å². The lowest BCUT2D eigenvalue weighted by atomic mass is 10.0. The van der Waals surface area contributed by atoms with E-state index in [1.54, 1.807) is 18.2 Å². The average molecular weight is 252 g/mol. The van der Waals surface area contributed by atoms with Gasteiger partial charge in [-0.25, -0.2) is 0 Å². The first-order valence-electron chi connectivity index (χ1n) is 5.96. The van der Waals surface area contributed by atoms with Crippen molar-refractivity contribution in [3.8, 4) is 5.75 Å². The second-order valence-electron chi connectivity index (χ2n) is 4.32. The van der Waals surface area contributed by atoms with E-state index in [1.807, 2.05) is 30.3 Å². The predicted molar refractivity (Wildman–Crippen MR) is 73.5 cm³/mol. The molecule has 1 unspecified atom stereocenters. The van der Waals surface area contributed by atoms with Crippen molar-refractivity contribution in [1.82, 2.24) is 0 Å². The first-order chi connectivity index (χ1) is 9.28. The lowest BCUT2D eigenvalue weighted by Crippen LogP contribution is -2.21. The van der Waals surface area contributed by atoms with Gasteiger partial charge in [0.2, 0.25) is 0 Å². The van der Waals surface area contributed by atoms with Crippen molar-refractivity contribution < 1.29 is 9.90 Å². The van der Waals surface area contributed by atoms with E-state index in [-0.39, 0.29) is 5.75 Å². The van der Waals surface area contributed by atoms with Crippen LogP contribution >= 0.6 is 0 Å². The third-order valence-corrected chi connectivity index (χ3v) is 3.05. The van der Waals surface area contributed by atoms with Crippen LogP contribution in [-0.4, -0.2) is 17.2 Å². The molecule has 3 rings (SSSR count). The summed E-state index contributed by atoms with van der Waals surface area (Å²) in [4.78, 5) is 15.6. The molecule has 94 valence electrons. The summed E-state index contributed by atoms with van der Waals surface area (Å²) in [6.07, 6.45) is 0.822. The van der Waals surface area contributed by atoms with Gasteiger partial charge < -0.3 is 15.2 Å². The molecule has 0 amide bonds. The number of benzene rings is 2. The molecule has 19 heavy (non-hydrogen) atoms. The highest BCUT2D eigenvalue weighted by molar-refractivity contribution is 6.10. The van der Waals surface area contributed by atoms with E-state index in [1.165, 1.54) is 0 Å². The summed E-state index contributed by atoms with van der Waals surface area (Å²) < 4.78 is 0. The molecule has 4 nitrogen and oxygen atoms in total. The van der Waals surface area contributed by atoms with Crippen LogP contribution in [0, 0.1) is 0 Å². The molecule has 0 saturated carbocycles. The number of aliphatic imine (C=N–C) groups is 1. The molecule has 2 aromatic carbocycles. The van der Waals surface area contributed by atoms with Gasteiger partial charge in [0.25, 0.3) is 0 Å². The number of anilines is 1. The van der Waals surface area contributed by atoms with Crippen LogP contribution in [-0.2, 0) is 4.79 Å². The van der Waals surface area contributed by atoms with Gasteiger partial charge in [-0.05, 0) is 18.2 Å². The van der Waals surface area contributed by atoms with E-state index in [9.17, 15) is 9.90 Å². The second-order valence-corrected chi connectivity index (χ2v) is 4.32. The lowest BCUT2D eigenvalue weighted by molar-refractivity contribution is -0.108. The number of para-hydroxylation sites is 1. The largest absolute Gasteiger partial charge is 0.508 e. The summed E-state index contributed by atoms with van der Waals surface area (Å²) in [6, 6.07) is 13.8. The number of rotatable bonds is 2. The monoisotopic (exact) mass is 252 g/mol. The quantitative estimate of drug-likeness (QED) is 0.807. The number of hydrogen-bond donors (Lipinski definition) is 2. The first-order valence-corrected chi connectivity index (χ1v) is 5.96. The Kier molecular flexibility index (Phi) is 2.76. The normalized spacial score (nSPS) is 17.1. The van der Waals surface area contributed by atoms with E-state index in [2.05, 4.69) is 10.3 Å². The van der Waals surface area contributed by atoms with Gasteiger partial charge in [0.1, 0.15) is 23.9 Å². The van der Waals surface area contributed by atoms with E-state index in [4.69, 9.17) is 0 Å². The number of fused-ring (bicyclic) bond motifs is 1. The lowest BCUT2D eigenvalue weighted by Gasteiger charge is -2.22. The highest BCUT2D eigenvalue weighted by Gasteiger charge is 2.21. The minimum atomic E-state index is -0.505. The van der Waals surface area contributed by atoms with Gasteiger partial charge in [0.15, 0.2) is 0 Å². The Morgan fingerprint density at radius 3 is 2.79 bits per heavy atom. The molecule has 0 aliphatic carbocycles. The topological polar surface area (TPSA) is 61.7 Å². The molecule has 0 aromatic heterocycles. The van der Waals surface area contributed by atoms with E-state index in [0.29, 0.717) is 5.84 Å². The number of carbonyl (C=O) groups is 1. The fraction of sp³-hybridized carbons (Fsp3) is 0.0667. The molecule has 1 heterocycles. The van der Waals surface area contributed by atoms with Gasteiger partial charge in [-0.3, -0.25) is 4.99 Å². The number of amidine groups is 1. The Morgan fingerprint density at radius 2 is 2.00 bits per heavy atom. The van der Waals surface area contributed by atoms with Gasteiger partial charge in [-0.2, -0.15) is 0 Å². The zero-order valence-corrected chi connectivity index (χ0v) is 10.1. The van der Waals surface area contributed by atoms with Crippen molar-refractivity contribution >= 4 is 17.8 Å². The van der Waals surface area contributed by atoms with Gasteiger partial charge in [-0.1, -0.05) is 30.3 Å². The third-order valence-electron chi connectivity index (χ3n) is 3.05. The number of carbonyl (C=O) groups excluding carboxylic acids is 1. The Labute approximate surface area is 110 Å². The minimum absolute atomic E-state index is 0.170. The maximum atomic E-state index is 11.2. The summed E-state index contributed by atoms with van der Waals surface area (Å²) in [5.74, 6) is 0.759. The Balaban J connectivity index is 2.06. The number of aldehydes is 1. The zero-order valence-electron chi connectivity index (χ0n) is 10.1. The van der Waals surface area contributed by atoms with Crippen LogP contribution in [0.15, 0.2) is 53.5 Å². The number of phenols is 1. The molecule has 2 N–H and O–H groups in total. The zero-order chi connectivity index (χ0) is 13.2. The molecule has 0 fully saturated rings. The smallest absolute Gasteiger partial charge is 0.149 e. The molecule has 0 bridgehead atoms. The van der Waals surface area contributed by atoms with Crippen LogP contribution in [0.2, 0.25) is 0 Å². The molecular weight excluding hydrogens is 240 g/mol. The van der Waals surface area contributed by atoms with E-state index < -0.39 is 6.04 Å². The van der Waals surface area contributed by atoms with Crippen LogP contribution in [0.3, 0.4) is 0 Å². The summed E-state index contributed by atoms with van der Waals surface area (Å²) in [6.45, 7) is 0. The van der Waals surface area contributed by atoms with Crippen molar-refractivity contribution in [2.24, 2.45) is 4.99 Å². The molecule has 1 aliphatic heterocycles. The molecule has 2 aromatic rings. The number of phenolic OH excluding ortho intramolecular Hbond substituents is 1. The van der Waals surface area contributed by atoms with Crippen LogP contribution < -0.4 is 5.32 Å². The fourth-order valence-electron chi connectivity index (χ4n) is 2.14. The minimum Gasteiger partial charge on any atom is -0.508 e. The third kappa shape index (κ3) is 2.08. The molecule has 4 heteroatoms. The number of aromatic hydroxyl groups is 1. The predicted octanol–water partition coefficient (Wildman–Crippen LogP) is 2.50. The maximum absolute atomic E-state index is 11.2. The Hall–Kier alpha value is -2.62. The Bertz CT molecular complexity index is 665. The van der Waals surface area contributed by atoms with Gasteiger partial charge in [0, 0.05) is 16.8 Å². The van der Waals surface area contributed by atoms with Gasteiger partial charge in [-0.15, -0.1) is 0 Å². The maximum Gasteiger partial charge on any atom is 0.149 e. The molecule has 1 aliphatic rings. The van der Waals surface area contributed by atoms with Gasteiger partial charge in [0.05, 0.1) is 0 Å². The summed E-state index contributed by atoms with van der Waals surface area (Å²) in [5.41, 5.74) is 2.48. The highest BCUT2D eigenvalue weighted by Crippen LogP contribution is 2.29. The molecule has 0 spiro atoms. The number of nitrogens with zero attached hydrogens (tertiary/aromatic N) is 1. The summed E-state index contributed by atoms with van der Waals surface area (Å²) in [5, 5.41) is 12.7. The van der Waals surface area contributed by atoms with Crippen LogP contribution in [0.25, 0.3) is 0 Å². The number of nitrogens with one attached hydrogen (secondary N) is 1. The van der Waals surface area contributed by atoms with Crippen molar-refractivity contribution in [2.45, 2.75) is 6.04 Å². The molecule has 0 radical (unpaired) electrons. The Morgan fingerprint density at radius 1 is 1.16 bits per heavy atom. The fourth-order valence-corrected chi connectivity index (χ4v) is 2.14. The van der Waals surface area contributed by atoms with Crippen molar-refractivity contribution in [1.29, 1.82) is 0 Å². The van der Waals surface area contributed by atoms with E-state index >= 15 is 0 Å². The molecule has 1 atom stereocenters. The van der Waals surface area contributed by atoms with Crippen molar-refractivity contribution in [3.05, 3.63) is 59.7 Å². The molecule has 0 saturated heterocycles. The second kappa shape index (κ2) is 4.57. The first kappa shape index (κ1) is 11.5. The van der Waals surface area contributed by atoms with Crippen LogP contribution in [0.5, 0.6) is 5.75 Å². The summed E-state index contributed by atoms with van der Waals surface area (Å²) in [7, 11) is 0. The summed E-state index contributed by atoms with van der Waals surface area (Å²) >= 11 is 0. The van der Waals surface area contributed by atoms with Crippen molar-refractivity contribution in [2.75, 3.05) is 5.32 Å². The van der Waals surface area contributed by atoms with E-state index in [0.717, 1.165) is 23.1 Å². The van der Waals surface area contributed by atoms with Crippen LogP contribution in [0.1, 0.15) is 17.2 Å². The molecular formula is C15H12N2O2. The van der Waals surface area contributed by atoms with Crippen molar-refractivity contribution in [3.63, 3.8) is 0 Å². The standard InChI is InChI=1S/C15H12N2O2/c18-9-14-12-6-1-2-7-13(12)16-15(17-14)10-4-3-5-11(19)8-10/h1-9,14,19H,(H,16,17). The van der Waals surface area contributed by atoms with Gasteiger partial charge >= 0.3 is 0 Å². The SMILES string of the molecule is O=CC1N=C(c2cccc(O)c2)Nc2ccccc21.